The fraction of sp³-hybridized carbons (Fsp3) is 0.444. The fourth-order valence-corrected chi connectivity index (χ4v) is 6.15. The van der Waals surface area contributed by atoms with Crippen LogP contribution in [-0.2, 0) is 20.0 Å². The summed E-state index contributed by atoms with van der Waals surface area (Å²) >= 11 is 0. The van der Waals surface area contributed by atoms with Gasteiger partial charge in [-0.05, 0) is 24.1 Å². The van der Waals surface area contributed by atoms with E-state index in [9.17, 15) is 13.2 Å². The summed E-state index contributed by atoms with van der Waals surface area (Å²) in [5.74, 6) is -0.0631. The zero-order valence-electron chi connectivity index (χ0n) is 15.4. The van der Waals surface area contributed by atoms with E-state index in [-0.39, 0.29) is 11.7 Å². The first kappa shape index (κ1) is 17.7. The van der Waals surface area contributed by atoms with Gasteiger partial charge in [0.15, 0.2) is 9.84 Å². The van der Waals surface area contributed by atoms with Crippen molar-refractivity contribution in [3.8, 4) is 0 Å². The van der Waals surface area contributed by atoms with Gasteiger partial charge in [-0.1, -0.05) is 19.9 Å². The van der Waals surface area contributed by atoms with Gasteiger partial charge >= 0.3 is 0 Å². The van der Waals surface area contributed by atoms with Crippen LogP contribution < -0.4 is 0 Å². The minimum absolute atomic E-state index is 0.108. The number of nitrogens with zero attached hydrogens (tertiary/aromatic N) is 3. The summed E-state index contributed by atoms with van der Waals surface area (Å²) in [6.07, 6.45) is 1.56. The molecule has 1 aromatic carbocycles. The average molecular weight is 361 g/mol. The first-order valence-corrected chi connectivity index (χ1v) is 9.73. The van der Waals surface area contributed by atoms with Crippen molar-refractivity contribution in [2.24, 2.45) is 5.10 Å². The Balaban J connectivity index is 2.32. The van der Waals surface area contributed by atoms with Crippen LogP contribution in [0.15, 0.2) is 27.7 Å². The molecule has 25 heavy (non-hydrogen) atoms. The van der Waals surface area contributed by atoms with E-state index < -0.39 is 15.3 Å². The van der Waals surface area contributed by atoms with E-state index in [0.29, 0.717) is 10.5 Å². The number of fused-ring (bicyclic) bond motifs is 1. The number of sulfone groups is 1. The summed E-state index contributed by atoms with van der Waals surface area (Å²) in [4.78, 5) is 14.7. The number of carbonyl (C=O) groups is 1. The Bertz CT molecular complexity index is 941. The van der Waals surface area contributed by atoms with E-state index in [1.54, 1.807) is 25.4 Å². The number of rotatable bonds is 2. The minimum Gasteiger partial charge on any atom is -0.376 e. The highest BCUT2D eigenvalue weighted by Gasteiger charge is 2.42. The van der Waals surface area contributed by atoms with E-state index in [4.69, 9.17) is 0 Å². The molecule has 6 nitrogen and oxygen atoms in total. The molecule has 1 aromatic rings. The summed E-state index contributed by atoms with van der Waals surface area (Å²) in [7, 11) is 2.09. The van der Waals surface area contributed by atoms with Crippen molar-refractivity contribution in [3.05, 3.63) is 34.4 Å². The largest absolute Gasteiger partial charge is 0.376 e. The number of benzene rings is 1. The zero-order chi connectivity index (χ0) is 18.7. The lowest BCUT2D eigenvalue weighted by Gasteiger charge is -2.25. The molecule has 1 amide bonds. The van der Waals surface area contributed by atoms with Crippen LogP contribution in [0.4, 0.5) is 0 Å². The molecule has 3 rings (SSSR count). The van der Waals surface area contributed by atoms with Gasteiger partial charge in [0.1, 0.15) is 0 Å². The molecule has 0 N–H and O–H groups in total. The van der Waals surface area contributed by atoms with Crippen molar-refractivity contribution in [1.29, 1.82) is 0 Å². The SMILES string of the molecule is Cc1c(/C(=C2\C=NN(C)C2=O)N(C)C)ccc2c1C(C)(C)CS2(=O)=O. The van der Waals surface area contributed by atoms with Crippen LogP contribution in [0.25, 0.3) is 5.70 Å². The Labute approximate surface area is 148 Å². The van der Waals surface area contributed by atoms with Crippen molar-refractivity contribution < 1.29 is 13.2 Å². The normalized spacial score (nSPS) is 22.3. The molecule has 0 unspecified atom stereocenters. The van der Waals surface area contributed by atoms with Crippen LogP contribution in [0.5, 0.6) is 0 Å². The molecule has 2 aliphatic rings. The van der Waals surface area contributed by atoms with Gasteiger partial charge in [-0.25, -0.2) is 13.4 Å². The lowest BCUT2D eigenvalue weighted by molar-refractivity contribution is -0.124. The topological polar surface area (TPSA) is 70.1 Å². The summed E-state index contributed by atoms with van der Waals surface area (Å²) in [5, 5.41) is 5.36. The summed E-state index contributed by atoms with van der Waals surface area (Å²) < 4.78 is 25.0. The van der Waals surface area contributed by atoms with Gasteiger partial charge < -0.3 is 4.90 Å². The molecule has 0 saturated carbocycles. The van der Waals surface area contributed by atoms with E-state index in [2.05, 4.69) is 5.10 Å². The van der Waals surface area contributed by atoms with Crippen LogP contribution >= 0.6 is 0 Å². The number of hydrogen-bond acceptors (Lipinski definition) is 5. The van der Waals surface area contributed by atoms with Crippen molar-refractivity contribution in [1.82, 2.24) is 9.91 Å². The molecule has 2 aliphatic heterocycles. The lowest BCUT2D eigenvalue weighted by Crippen LogP contribution is -2.23. The van der Waals surface area contributed by atoms with Gasteiger partial charge in [-0.2, -0.15) is 5.10 Å². The molecule has 0 aromatic heterocycles. The Morgan fingerprint density at radius 3 is 2.44 bits per heavy atom. The molecule has 0 bridgehead atoms. The average Bonchev–Trinajstić information content (AvgIpc) is 2.88. The molecule has 134 valence electrons. The van der Waals surface area contributed by atoms with Gasteiger partial charge in [0.25, 0.3) is 5.91 Å². The molecular formula is C18H23N3O3S. The molecule has 0 atom stereocenters. The van der Waals surface area contributed by atoms with Crippen LogP contribution in [0.2, 0.25) is 0 Å². The first-order chi connectivity index (χ1) is 11.5. The molecule has 0 saturated heterocycles. The molecule has 0 fully saturated rings. The third-order valence-corrected chi connectivity index (χ3v) is 6.94. The summed E-state index contributed by atoms with van der Waals surface area (Å²) in [6.45, 7) is 5.83. The quantitative estimate of drug-likeness (QED) is 0.753. The standard InChI is InChI=1S/C18H23N3O3S/c1-11-12(16(20(4)5)13-9-19-21(6)17(13)22)7-8-14-15(11)18(2,3)10-25(14,23)24/h7-9H,10H2,1-6H3/b16-13-. The maximum Gasteiger partial charge on any atom is 0.277 e. The second kappa shape index (κ2) is 5.42. The van der Waals surface area contributed by atoms with Crippen LogP contribution in [-0.4, -0.2) is 57.3 Å². The molecule has 0 aliphatic carbocycles. The highest BCUT2D eigenvalue weighted by molar-refractivity contribution is 7.91. The second-order valence-corrected chi connectivity index (χ2v) is 9.44. The van der Waals surface area contributed by atoms with Gasteiger partial charge in [0, 0.05) is 32.1 Å². The van der Waals surface area contributed by atoms with Gasteiger partial charge in [-0.3, -0.25) is 4.79 Å². The predicted molar refractivity (Wildman–Crippen MR) is 98.1 cm³/mol. The number of hydrogen-bond donors (Lipinski definition) is 0. The van der Waals surface area contributed by atoms with Gasteiger partial charge in [0.2, 0.25) is 0 Å². The van der Waals surface area contributed by atoms with E-state index in [1.807, 2.05) is 39.8 Å². The van der Waals surface area contributed by atoms with Crippen molar-refractivity contribution >= 4 is 27.7 Å². The second-order valence-electron chi connectivity index (χ2n) is 7.48. The molecule has 2 heterocycles. The fourth-order valence-electron chi connectivity index (χ4n) is 3.88. The third-order valence-electron chi connectivity index (χ3n) is 4.83. The van der Waals surface area contributed by atoms with Crippen molar-refractivity contribution in [3.63, 3.8) is 0 Å². The maximum atomic E-state index is 12.5. The number of carbonyl (C=O) groups excluding carboxylic acids is 1. The van der Waals surface area contributed by atoms with Gasteiger partial charge in [0.05, 0.1) is 28.1 Å². The maximum absolute atomic E-state index is 12.5. The van der Waals surface area contributed by atoms with Crippen LogP contribution in [0.1, 0.15) is 30.5 Å². The smallest absolute Gasteiger partial charge is 0.277 e. The van der Waals surface area contributed by atoms with Crippen molar-refractivity contribution in [2.75, 3.05) is 26.9 Å². The number of amides is 1. The lowest BCUT2D eigenvalue weighted by atomic mass is 9.82. The highest BCUT2D eigenvalue weighted by atomic mass is 32.2. The van der Waals surface area contributed by atoms with E-state index in [0.717, 1.165) is 22.4 Å². The zero-order valence-corrected chi connectivity index (χ0v) is 16.2. The van der Waals surface area contributed by atoms with Gasteiger partial charge in [-0.15, -0.1) is 0 Å². The molecule has 7 heteroatoms. The summed E-state index contributed by atoms with van der Waals surface area (Å²) in [5.41, 5.74) is 3.41. The summed E-state index contributed by atoms with van der Waals surface area (Å²) in [6, 6.07) is 3.47. The molecule has 0 radical (unpaired) electrons. The Morgan fingerprint density at radius 2 is 1.92 bits per heavy atom. The monoisotopic (exact) mass is 361 g/mol. The minimum atomic E-state index is -3.27. The molecular weight excluding hydrogens is 338 g/mol. The Morgan fingerprint density at radius 1 is 1.28 bits per heavy atom. The Hall–Kier alpha value is -2.15. The highest BCUT2D eigenvalue weighted by Crippen LogP contribution is 2.43. The van der Waals surface area contributed by atoms with E-state index in [1.165, 1.54) is 5.01 Å². The van der Waals surface area contributed by atoms with E-state index >= 15 is 0 Å². The number of likely N-dealkylation sites (N-methyl/N-ethyl adjacent to an activating group) is 1. The number of hydrazone groups is 1. The third kappa shape index (κ3) is 2.57. The van der Waals surface area contributed by atoms with Crippen molar-refractivity contribution in [2.45, 2.75) is 31.1 Å². The Kier molecular flexibility index (Phi) is 3.83. The first-order valence-electron chi connectivity index (χ1n) is 8.08. The van der Waals surface area contributed by atoms with Crippen LogP contribution in [0, 0.1) is 6.92 Å². The molecule has 0 spiro atoms. The predicted octanol–water partition coefficient (Wildman–Crippen LogP) is 1.79. The van der Waals surface area contributed by atoms with Crippen LogP contribution in [0.3, 0.4) is 0 Å².